The van der Waals surface area contributed by atoms with Crippen LogP contribution in [0.25, 0.3) is 0 Å². The van der Waals surface area contributed by atoms with Crippen LogP contribution in [0.1, 0.15) is 43.7 Å². The molecular formula is C12H18N2S. The van der Waals surface area contributed by atoms with Crippen LogP contribution in [0.2, 0.25) is 0 Å². The third kappa shape index (κ3) is 2.68. The van der Waals surface area contributed by atoms with Gasteiger partial charge in [-0.3, -0.25) is 5.84 Å². The molecule has 0 spiro atoms. The maximum atomic E-state index is 5.66. The lowest BCUT2D eigenvalue weighted by Crippen LogP contribution is -2.29. The van der Waals surface area contributed by atoms with E-state index >= 15 is 0 Å². The summed E-state index contributed by atoms with van der Waals surface area (Å²) in [5, 5.41) is 4.28. The molecule has 1 aromatic heterocycles. The average molecular weight is 222 g/mol. The zero-order valence-corrected chi connectivity index (χ0v) is 9.72. The second-order valence-electron chi connectivity index (χ2n) is 4.03. The molecule has 1 atom stereocenters. The van der Waals surface area contributed by atoms with Crippen molar-refractivity contribution in [1.29, 1.82) is 0 Å². The molecule has 1 heterocycles. The molecule has 1 unspecified atom stereocenters. The van der Waals surface area contributed by atoms with E-state index in [0.717, 1.165) is 0 Å². The molecular weight excluding hydrogens is 204 g/mol. The lowest BCUT2D eigenvalue weighted by atomic mass is 9.98. The van der Waals surface area contributed by atoms with E-state index in [1.807, 2.05) is 0 Å². The highest BCUT2D eigenvalue weighted by Crippen LogP contribution is 2.29. The first-order chi connectivity index (χ1) is 7.42. The number of hydrogen-bond donors (Lipinski definition) is 2. The Bertz CT molecular complexity index is 316. The summed E-state index contributed by atoms with van der Waals surface area (Å²) in [6.07, 6.45) is 8.73. The summed E-state index contributed by atoms with van der Waals surface area (Å²) in [6, 6.07) is 2.38. The van der Waals surface area contributed by atoms with Crippen LogP contribution in [-0.2, 0) is 0 Å². The van der Waals surface area contributed by atoms with Gasteiger partial charge < -0.3 is 0 Å². The Morgan fingerprint density at radius 1 is 1.33 bits per heavy atom. The normalized spacial score (nSPS) is 19.4. The summed E-state index contributed by atoms with van der Waals surface area (Å²) in [5.41, 5.74) is 5.71. The average Bonchev–Trinajstić information content (AvgIpc) is 2.63. The van der Waals surface area contributed by atoms with Crippen molar-refractivity contribution in [2.45, 2.75) is 38.1 Å². The van der Waals surface area contributed by atoms with Gasteiger partial charge >= 0.3 is 0 Å². The van der Waals surface area contributed by atoms with Gasteiger partial charge in [-0.25, -0.2) is 5.43 Å². The molecule has 15 heavy (non-hydrogen) atoms. The molecule has 82 valence electrons. The van der Waals surface area contributed by atoms with E-state index < -0.39 is 0 Å². The van der Waals surface area contributed by atoms with Gasteiger partial charge in [-0.05, 0) is 48.1 Å². The van der Waals surface area contributed by atoms with Crippen molar-refractivity contribution in [3.63, 3.8) is 0 Å². The Balaban J connectivity index is 2.15. The summed E-state index contributed by atoms with van der Waals surface area (Å²) < 4.78 is 0. The minimum atomic E-state index is 0.231. The summed E-state index contributed by atoms with van der Waals surface area (Å²) in [6.45, 7) is 0. The van der Waals surface area contributed by atoms with Gasteiger partial charge in [0.05, 0.1) is 6.04 Å². The molecule has 2 nitrogen and oxygen atoms in total. The zero-order valence-electron chi connectivity index (χ0n) is 8.91. The van der Waals surface area contributed by atoms with E-state index in [0.29, 0.717) is 0 Å². The third-order valence-electron chi connectivity index (χ3n) is 2.99. The van der Waals surface area contributed by atoms with Crippen LogP contribution < -0.4 is 11.3 Å². The highest BCUT2D eigenvalue weighted by Gasteiger charge is 2.16. The fourth-order valence-corrected chi connectivity index (χ4v) is 2.84. The fourth-order valence-electron chi connectivity index (χ4n) is 2.16. The summed E-state index contributed by atoms with van der Waals surface area (Å²) >= 11 is 1.73. The maximum absolute atomic E-state index is 5.66. The number of allylic oxidation sites excluding steroid dienone is 1. The van der Waals surface area contributed by atoms with E-state index in [2.05, 4.69) is 28.3 Å². The van der Waals surface area contributed by atoms with Gasteiger partial charge in [-0.1, -0.05) is 18.1 Å². The van der Waals surface area contributed by atoms with E-state index in [1.54, 1.807) is 11.3 Å². The maximum Gasteiger partial charge on any atom is 0.0678 e. The molecule has 2 rings (SSSR count). The van der Waals surface area contributed by atoms with Gasteiger partial charge in [0.25, 0.3) is 0 Å². The number of thiophene rings is 1. The van der Waals surface area contributed by atoms with Crippen molar-refractivity contribution in [3.05, 3.63) is 34.0 Å². The largest absolute Gasteiger partial charge is 0.271 e. The number of hydrazine groups is 1. The van der Waals surface area contributed by atoms with Crippen molar-refractivity contribution < 1.29 is 0 Å². The van der Waals surface area contributed by atoms with E-state index in [9.17, 15) is 0 Å². The van der Waals surface area contributed by atoms with Crippen LogP contribution in [0.4, 0.5) is 0 Å². The molecule has 3 N–H and O–H groups in total. The summed E-state index contributed by atoms with van der Waals surface area (Å²) in [7, 11) is 0. The minimum absolute atomic E-state index is 0.231. The predicted molar refractivity (Wildman–Crippen MR) is 65.6 cm³/mol. The molecule has 0 bridgehead atoms. The Kier molecular flexibility index (Phi) is 3.94. The molecule has 1 aliphatic rings. The second-order valence-corrected chi connectivity index (χ2v) is 4.81. The number of nitrogens with two attached hydrogens (primary N) is 1. The molecule has 1 aromatic rings. The third-order valence-corrected chi connectivity index (χ3v) is 3.69. The fraction of sp³-hybridized carbons (Fsp3) is 0.500. The Morgan fingerprint density at radius 3 is 3.00 bits per heavy atom. The SMILES string of the molecule is NNC(C1=CCCCCC1)c1ccsc1. The second kappa shape index (κ2) is 5.45. The lowest BCUT2D eigenvalue weighted by molar-refractivity contribution is 0.594. The van der Waals surface area contributed by atoms with Gasteiger partial charge in [0.15, 0.2) is 0 Å². The van der Waals surface area contributed by atoms with E-state index in [1.165, 1.54) is 43.2 Å². The summed E-state index contributed by atoms with van der Waals surface area (Å²) in [4.78, 5) is 0. The first-order valence-electron chi connectivity index (χ1n) is 5.59. The highest BCUT2D eigenvalue weighted by atomic mass is 32.1. The van der Waals surface area contributed by atoms with Crippen LogP contribution in [0.3, 0.4) is 0 Å². The van der Waals surface area contributed by atoms with Crippen LogP contribution in [0.15, 0.2) is 28.5 Å². The zero-order chi connectivity index (χ0) is 10.5. The summed E-state index contributed by atoms with van der Waals surface area (Å²) in [5.74, 6) is 5.66. The molecule has 0 saturated heterocycles. The van der Waals surface area contributed by atoms with Crippen molar-refractivity contribution >= 4 is 11.3 Å². The molecule has 0 fully saturated rings. The van der Waals surface area contributed by atoms with E-state index in [4.69, 9.17) is 5.84 Å². The molecule has 1 aliphatic carbocycles. The lowest BCUT2D eigenvalue weighted by Gasteiger charge is -2.18. The van der Waals surface area contributed by atoms with Crippen molar-refractivity contribution in [3.8, 4) is 0 Å². The molecule has 0 aliphatic heterocycles. The molecule has 0 amide bonds. The van der Waals surface area contributed by atoms with Gasteiger partial charge in [-0.2, -0.15) is 11.3 Å². The van der Waals surface area contributed by atoms with Crippen LogP contribution >= 0.6 is 11.3 Å². The Hall–Kier alpha value is -0.640. The highest BCUT2D eigenvalue weighted by molar-refractivity contribution is 7.08. The Labute approximate surface area is 95.2 Å². The van der Waals surface area contributed by atoms with Gasteiger partial charge in [0.1, 0.15) is 0 Å². The standard InChI is InChI=1S/C12H18N2S/c13-14-12(11-7-8-15-9-11)10-5-3-1-2-4-6-10/h5,7-9,12,14H,1-4,6,13H2. The molecule has 0 saturated carbocycles. The number of hydrogen-bond acceptors (Lipinski definition) is 3. The molecule has 0 aromatic carbocycles. The molecule has 3 heteroatoms. The molecule has 0 radical (unpaired) electrons. The van der Waals surface area contributed by atoms with Crippen molar-refractivity contribution in [2.24, 2.45) is 5.84 Å². The topological polar surface area (TPSA) is 38.0 Å². The quantitative estimate of drug-likeness (QED) is 0.468. The number of rotatable bonds is 3. The minimum Gasteiger partial charge on any atom is -0.271 e. The number of nitrogens with one attached hydrogen (secondary N) is 1. The van der Waals surface area contributed by atoms with Crippen LogP contribution in [0, 0.1) is 0 Å². The first-order valence-corrected chi connectivity index (χ1v) is 6.53. The Morgan fingerprint density at radius 2 is 2.27 bits per heavy atom. The first kappa shape index (κ1) is 10.9. The monoisotopic (exact) mass is 222 g/mol. The van der Waals surface area contributed by atoms with Gasteiger partial charge in [-0.15, -0.1) is 0 Å². The van der Waals surface area contributed by atoms with Crippen LogP contribution in [-0.4, -0.2) is 0 Å². The van der Waals surface area contributed by atoms with Gasteiger partial charge in [0.2, 0.25) is 0 Å². The predicted octanol–water partition coefficient (Wildman–Crippen LogP) is 3.14. The smallest absolute Gasteiger partial charge is 0.0678 e. The van der Waals surface area contributed by atoms with Crippen molar-refractivity contribution in [2.75, 3.05) is 0 Å². The van der Waals surface area contributed by atoms with Crippen LogP contribution in [0.5, 0.6) is 0 Å². The van der Waals surface area contributed by atoms with Gasteiger partial charge in [0, 0.05) is 0 Å². The van der Waals surface area contributed by atoms with Crippen molar-refractivity contribution in [1.82, 2.24) is 5.43 Å². The van der Waals surface area contributed by atoms with E-state index in [-0.39, 0.29) is 6.04 Å².